The molecule has 0 spiro atoms. The van der Waals surface area contributed by atoms with Crippen LogP contribution in [0.5, 0.6) is 0 Å². The Kier molecular flexibility index (Phi) is 6.22. The number of nitrogens with zero attached hydrogens (tertiary/aromatic N) is 4. The van der Waals surface area contributed by atoms with Gasteiger partial charge in [-0.2, -0.15) is 0 Å². The third kappa shape index (κ3) is 4.79. The van der Waals surface area contributed by atoms with E-state index in [0.717, 1.165) is 37.9 Å². The van der Waals surface area contributed by atoms with Gasteiger partial charge >= 0.3 is 6.09 Å². The van der Waals surface area contributed by atoms with Crippen molar-refractivity contribution in [2.75, 3.05) is 26.2 Å². The fraction of sp³-hybridized carbons (Fsp3) is 0.583. The van der Waals surface area contributed by atoms with Gasteiger partial charge in [-0.3, -0.25) is 14.2 Å². The van der Waals surface area contributed by atoms with Crippen molar-refractivity contribution in [2.24, 2.45) is 0 Å². The zero-order valence-electron chi connectivity index (χ0n) is 19.2. The standard InChI is InChI=1S/C24H32N4O4/c1-24(2,3)32-23(31)27-14-12-26(13-15-27)21(29)17-9-10-18-19(16-17)25-20-8-6-4-5-7-11-28(20)22(18)30/h9-10,16H,4-8,11-15H2,1-3H3. The van der Waals surface area contributed by atoms with E-state index < -0.39 is 5.60 Å². The number of piperazine rings is 1. The van der Waals surface area contributed by atoms with E-state index in [1.54, 1.807) is 32.6 Å². The minimum absolute atomic E-state index is 0.0168. The molecule has 1 fully saturated rings. The maximum absolute atomic E-state index is 13.1. The van der Waals surface area contributed by atoms with Crippen LogP contribution < -0.4 is 5.56 Å². The normalized spacial score (nSPS) is 17.5. The van der Waals surface area contributed by atoms with Crippen LogP contribution in [-0.4, -0.2) is 63.1 Å². The minimum Gasteiger partial charge on any atom is -0.444 e. The van der Waals surface area contributed by atoms with Gasteiger partial charge in [0.05, 0.1) is 10.9 Å². The number of benzene rings is 1. The van der Waals surface area contributed by atoms with Crippen molar-refractivity contribution < 1.29 is 14.3 Å². The van der Waals surface area contributed by atoms with Crippen molar-refractivity contribution in [3.8, 4) is 0 Å². The van der Waals surface area contributed by atoms with E-state index in [9.17, 15) is 14.4 Å². The third-order valence-corrected chi connectivity index (χ3v) is 6.03. The van der Waals surface area contributed by atoms with E-state index in [1.165, 1.54) is 0 Å². The Morgan fingerprint density at radius 3 is 2.34 bits per heavy atom. The summed E-state index contributed by atoms with van der Waals surface area (Å²) in [5, 5.41) is 0.556. The van der Waals surface area contributed by atoms with Gasteiger partial charge in [0.15, 0.2) is 0 Å². The van der Waals surface area contributed by atoms with Crippen LogP contribution in [0.25, 0.3) is 10.9 Å². The number of rotatable bonds is 1. The first-order chi connectivity index (χ1) is 15.2. The van der Waals surface area contributed by atoms with Gasteiger partial charge in [0.2, 0.25) is 0 Å². The Balaban J connectivity index is 1.50. The molecule has 2 aliphatic heterocycles. The van der Waals surface area contributed by atoms with Crippen molar-refractivity contribution in [1.29, 1.82) is 0 Å². The zero-order chi connectivity index (χ0) is 22.9. The molecule has 8 heteroatoms. The summed E-state index contributed by atoms with van der Waals surface area (Å²) in [7, 11) is 0. The largest absolute Gasteiger partial charge is 0.444 e. The Hall–Kier alpha value is -2.90. The first kappa shape index (κ1) is 22.3. The SMILES string of the molecule is CC(C)(C)OC(=O)N1CCN(C(=O)c2ccc3c(=O)n4c(nc3c2)CCCCCC4)CC1. The van der Waals surface area contributed by atoms with E-state index >= 15 is 0 Å². The molecule has 0 unspecified atom stereocenters. The summed E-state index contributed by atoms with van der Waals surface area (Å²) in [6.07, 6.45) is 4.75. The molecule has 0 aliphatic carbocycles. The lowest BCUT2D eigenvalue weighted by Gasteiger charge is -2.35. The molecule has 1 aromatic carbocycles. The summed E-state index contributed by atoms with van der Waals surface area (Å²) >= 11 is 0. The zero-order valence-corrected chi connectivity index (χ0v) is 19.2. The van der Waals surface area contributed by atoms with E-state index in [0.29, 0.717) is 49.2 Å². The number of hydrogen-bond donors (Lipinski definition) is 0. The van der Waals surface area contributed by atoms with Crippen LogP contribution in [0.3, 0.4) is 0 Å². The van der Waals surface area contributed by atoms with Gasteiger partial charge in [-0.15, -0.1) is 0 Å². The molecule has 0 atom stereocenters. The molecule has 172 valence electrons. The van der Waals surface area contributed by atoms with E-state index in [-0.39, 0.29) is 17.6 Å². The Morgan fingerprint density at radius 1 is 0.938 bits per heavy atom. The highest BCUT2D eigenvalue weighted by Gasteiger charge is 2.28. The molecule has 0 radical (unpaired) electrons. The predicted molar refractivity (Wildman–Crippen MR) is 122 cm³/mol. The molecule has 3 heterocycles. The summed E-state index contributed by atoms with van der Waals surface area (Å²) < 4.78 is 7.23. The molecule has 8 nitrogen and oxygen atoms in total. The number of amides is 2. The van der Waals surface area contributed by atoms with Crippen molar-refractivity contribution in [2.45, 2.75) is 65.0 Å². The smallest absolute Gasteiger partial charge is 0.410 e. The van der Waals surface area contributed by atoms with Crippen LogP contribution in [0.4, 0.5) is 4.79 Å². The number of ether oxygens (including phenoxy) is 1. The van der Waals surface area contributed by atoms with Crippen molar-refractivity contribution in [3.05, 3.63) is 39.9 Å². The molecule has 1 aromatic heterocycles. The predicted octanol–water partition coefficient (Wildman–Crippen LogP) is 3.21. The Bertz CT molecular complexity index is 1080. The average molecular weight is 441 g/mol. The summed E-state index contributed by atoms with van der Waals surface area (Å²) in [5.74, 6) is 0.710. The molecule has 4 rings (SSSR count). The lowest BCUT2D eigenvalue weighted by molar-refractivity contribution is 0.0141. The molecule has 2 amide bonds. The Labute approximate surface area is 188 Å². The summed E-state index contributed by atoms with van der Waals surface area (Å²) in [6.45, 7) is 7.97. The molecule has 0 bridgehead atoms. The number of carbonyl (C=O) groups is 2. The molecule has 2 aliphatic rings. The summed E-state index contributed by atoms with van der Waals surface area (Å²) in [5.41, 5.74) is 0.542. The number of hydrogen-bond acceptors (Lipinski definition) is 5. The highest BCUT2D eigenvalue weighted by molar-refractivity contribution is 5.97. The lowest BCUT2D eigenvalue weighted by atomic mass is 10.1. The van der Waals surface area contributed by atoms with Gasteiger partial charge in [0, 0.05) is 44.7 Å². The second kappa shape index (κ2) is 8.92. The van der Waals surface area contributed by atoms with E-state index in [1.807, 2.05) is 20.8 Å². The number of aryl methyl sites for hydroxylation is 1. The number of aromatic nitrogens is 2. The van der Waals surface area contributed by atoms with Gasteiger partial charge in [0.25, 0.3) is 11.5 Å². The van der Waals surface area contributed by atoms with Crippen LogP contribution in [-0.2, 0) is 17.7 Å². The first-order valence-electron chi connectivity index (χ1n) is 11.5. The maximum Gasteiger partial charge on any atom is 0.410 e. The third-order valence-electron chi connectivity index (χ3n) is 6.03. The second-order valence-electron chi connectivity index (χ2n) is 9.64. The highest BCUT2D eigenvalue weighted by atomic mass is 16.6. The van der Waals surface area contributed by atoms with Gasteiger partial charge in [-0.1, -0.05) is 12.8 Å². The van der Waals surface area contributed by atoms with Crippen LogP contribution in [0.15, 0.2) is 23.0 Å². The second-order valence-corrected chi connectivity index (χ2v) is 9.64. The molecular weight excluding hydrogens is 408 g/mol. The quantitative estimate of drug-likeness (QED) is 0.680. The van der Waals surface area contributed by atoms with Crippen molar-refractivity contribution in [3.63, 3.8) is 0 Å². The fourth-order valence-corrected chi connectivity index (χ4v) is 4.33. The number of fused-ring (bicyclic) bond motifs is 2. The monoisotopic (exact) mass is 440 g/mol. The van der Waals surface area contributed by atoms with Crippen LogP contribution >= 0.6 is 0 Å². The first-order valence-corrected chi connectivity index (χ1v) is 11.5. The van der Waals surface area contributed by atoms with Gasteiger partial charge in [0.1, 0.15) is 11.4 Å². The topological polar surface area (TPSA) is 84.7 Å². The van der Waals surface area contributed by atoms with Gasteiger partial charge < -0.3 is 14.5 Å². The molecule has 2 aromatic rings. The van der Waals surface area contributed by atoms with E-state index in [2.05, 4.69) is 0 Å². The van der Waals surface area contributed by atoms with Crippen LogP contribution in [0.2, 0.25) is 0 Å². The van der Waals surface area contributed by atoms with Gasteiger partial charge in [-0.05, 0) is 51.8 Å². The minimum atomic E-state index is -0.543. The Morgan fingerprint density at radius 2 is 1.62 bits per heavy atom. The summed E-state index contributed by atoms with van der Waals surface area (Å²) in [6, 6.07) is 5.17. The molecule has 0 saturated carbocycles. The average Bonchev–Trinajstić information content (AvgIpc) is 2.73. The lowest BCUT2D eigenvalue weighted by Crippen LogP contribution is -2.51. The molecule has 32 heavy (non-hydrogen) atoms. The van der Waals surface area contributed by atoms with Gasteiger partial charge in [-0.25, -0.2) is 9.78 Å². The van der Waals surface area contributed by atoms with Crippen LogP contribution in [0.1, 0.15) is 62.6 Å². The fourth-order valence-electron chi connectivity index (χ4n) is 4.33. The van der Waals surface area contributed by atoms with Crippen molar-refractivity contribution >= 4 is 22.9 Å². The van der Waals surface area contributed by atoms with Crippen molar-refractivity contribution in [1.82, 2.24) is 19.4 Å². The molecule has 0 N–H and O–H groups in total. The van der Waals surface area contributed by atoms with E-state index in [4.69, 9.17) is 9.72 Å². The number of carbonyl (C=O) groups excluding carboxylic acids is 2. The maximum atomic E-state index is 13.1. The summed E-state index contributed by atoms with van der Waals surface area (Å²) in [4.78, 5) is 46.5. The molecular formula is C24H32N4O4. The van der Waals surface area contributed by atoms with Crippen LogP contribution in [0, 0.1) is 0 Å². The molecule has 1 saturated heterocycles. The highest BCUT2D eigenvalue weighted by Crippen LogP contribution is 2.18.